The number of primary amides is 1. The van der Waals surface area contributed by atoms with E-state index in [1.807, 2.05) is 6.07 Å². The van der Waals surface area contributed by atoms with Gasteiger partial charge in [-0.15, -0.1) is 0 Å². The fourth-order valence-corrected chi connectivity index (χ4v) is 4.16. The molecular formula is C19H23FN2O3S. The van der Waals surface area contributed by atoms with Crippen molar-refractivity contribution in [3.8, 4) is 0 Å². The summed E-state index contributed by atoms with van der Waals surface area (Å²) in [6.07, 6.45) is 4.18. The zero-order valence-corrected chi connectivity index (χ0v) is 15.5. The van der Waals surface area contributed by atoms with Gasteiger partial charge in [0.05, 0.1) is 16.3 Å². The number of benzene rings is 2. The Balaban J connectivity index is 0.000000352. The molecular weight excluding hydrogens is 355 g/mol. The number of fused-ring (bicyclic) bond motifs is 1. The van der Waals surface area contributed by atoms with E-state index in [0.717, 1.165) is 37.3 Å². The maximum Gasteiger partial charge on any atom is 0.231 e. The number of nitrogens with one attached hydrogen (secondary N) is 1. The summed E-state index contributed by atoms with van der Waals surface area (Å²) < 4.78 is 38.2. The molecule has 0 fully saturated rings. The second-order valence-corrected chi connectivity index (χ2v) is 8.04. The number of rotatable bonds is 4. The SMILES string of the molecule is CNCC(N)=O.O=S(=O)(c1cccc(F)c1)c1ccc2c(c1)CCCC2. The first kappa shape index (κ1) is 20.1. The monoisotopic (exact) mass is 378 g/mol. The first-order valence-corrected chi connectivity index (χ1v) is 9.88. The highest BCUT2D eigenvalue weighted by Gasteiger charge is 2.20. The van der Waals surface area contributed by atoms with Crippen molar-refractivity contribution in [1.29, 1.82) is 0 Å². The minimum atomic E-state index is -3.63. The van der Waals surface area contributed by atoms with Gasteiger partial charge < -0.3 is 11.1 Å². The van der Waals surface area contributed by atoms with Crippen molar-refractivity contribution in [2.24, 2.45) is 5.73 Å². The third kappa shape index (κ3) is 5.12. The van der Waals surface area contributed by atoms with E-state index in [1.165, 1.54) is 23.8 Å². The van der Waals surface area contributed by atoms with Crippen LogP contribution in [0.5, 0.6) is 0 Å². The van der Waals surface area contributed by atoms with Gasteiger partial charge in [-0.05, 0) is 74.2 Å². The molecule has 0 aliphatic heterocycles. The third-order valence-electron chi connectivity index (χ3n) is 4.09. The molecule has 0 unspecified atom stereocenters. The number of hydrogen-bond acceptors (Lipinski definition) is 4. The van der Waals surface area contributed by atoms with Crippen LogP contribution >= 0.6 is 0 Å². The molecule has 0 heterocycles. The molecule has 3 rings (SSSR count). The van der Waals surface area contributed by atoms with Crippen molar-refractivity contribution in [3.63, 3.8) is 0 Å². The lowest BCUT2D eigenvalue weighted by atomic mass is 9.92. The summed E-state index contributed by atoms with van der Waals surface area (Å²) in [5.74, 6) is -0.860. The molecule has 0 saturated heterocycles. The van der Waals surface area contributed by atoms with Crippen LogP contribution in [0.15, 0.2) is 52.3 Å². The number of aryl methyl sites for hydroxylation is 2. The van der Waals surface area contributed by atoms with E-state index in [2.05, 4.69) is 5.32 Å². The summed E-state index contributed by atoms with van der Waals surface area (Å²) >= 11 is 0. The van der Waals surface area contributed by atoms with Gasteiger partial charge in [-0.2, -0.15) is 0 Å². The van der Waals surface area contributed by atoms with E-state index in [9.17, 15) is 17.6 Å². The molecule has 1 aliphatic carbocycles. The number of sulfone groups is 1. The van der Waals surface area contributed by atoms with Crippen LogP contribution in [0, 0.1) is 5.82 Å². The topological polar surface area (TPSA) is 89.3 Å². The molecule has 0 saturated carbocycles. The predicted octanol–water partition coefficient (Wildman–Crippen LogP) is 2.23. The smallest absolute Gasteiger partial charge is 0.231 e. The summed E-state index contributed by atoms with van der Waals surface area (Å²) in [7, 11) is -1.96. The Hall–Kier alpha value is -2.25. The molecule has 0 spiro atoms. The highest BCUT2D eigenvalue weighted by molar-refractivity contribution is 7.91. The van der Waals surface area contributed by atoms with Gasteiger partial charge in [0.15, 0.2) is 0 Å². The molecule has 140 valence electrons. The molecule has 0 radical (unpaired) electrons. The zero-order chi connectivity index (χ0) is 19.2. The average molecular weight is 378 g/mol. The largest absolute Gasteiger partial charge is 0.369 e. The van der Waals surface area contributed by atoms with Crippen LogP contribution in [0.4, 0.5) is 4.39 Å². The Bertz CT molecular complexity index is 882. The Morgan fingerprint density at radius 2 is 1.73 bits per heavy atom. The van der Waals surface area contributed by atoms with Crippen LogP contribution in [0.2, 0.25) is 0 Å². The Labute approximate surface area is 153 Å². The van der Waals surface area contributed by atoms with E-state index in [-0.39, 0.29) is 22.2 Å². The Morgan fingerprint density at radius 3 is 2.31 bits per heavy atom. The minimum Gasteiger partial charge on any atom is -0.369 e. The van der Waals surface area contributed by atoms with Crippen LogP contribution in [0.25, 0.3) is 0 Å². The van der Waals surface area contributed by atoms with Crippen molar-refractivity contribution in [2.75, 3.05) is 13.6 Å². The summed E-state index contributed by atoms with van der Waals surface area (Å²) in [5.41, 5.74) is 7.04. The van der Waals surface area contributed by atoms with E-state index in [0.29, 0.717) is 0 Å². The quantitative estimate of drug-likeness (QED) is 0.854. The number of hydrogen-bond donors (Lipinski definition) is 2. The molecule has 1 aliphatic rings. The highest BCUT2D eigenvalue weighted by atomic mass is 32.2. The molecule has 2 aromatic rings. The maximum absolute atomic E-state index is 13.2. The molecule has 0 atom stereocenters. The van der Waals surface area contributed by atoms with Gasteiger partial charge in [-0.25, -0.2) is 12.8 Å². The average Bonchev–Trinajstić information content (AvgIpc) is 2.61. The molecule has 0 bridgehead atoms. The van der Waals surface area contributed by atoms with Gasteiger partial charge in [0.2, 0.25) is 15.7 Å². The van der Waals surface area contributed by atoms with Gasteiger partial charge in [-0.3, -0.25) is 4.79 Å². The molecule has 26 heavy (non-hydrogen) atoms. The highest BCUT2D eigenvalue weighted by Crippen LogP contribution is 2.27. The van der Waals surface area contributed by atoms with Crippen molar-refractivity contribution >= 4 is 15.7 Å². The number of amides is 1. The molecule has 2 aromatic carbocycles. The molecule has 5 nitrogen and oxygen atoms in total. The Morgan fingerprint density at radius 1 is 1.08 bits per heavy atom. The molecule has 1 amide bonds. The van der Waals surface area contributed by atoms with Gasteiger partial charge in [0.25, 0.3) is 0 Å². The summed E-state index contributed by atoms with van der Waals surface area (Å²) in [4.78, 5) is 10.0. The van der Waals surface area contributed by atoms with E-state index < -0.39 is 15.7 Å². The zero-order valence-electron chi connectivity index (χ0n) is 14.7. The van der Waals surface area contributed by atoms with E-state index in [4.69, 9.17) is 5.73 Å². The molecule has 3 N–H and O–H groups in total. The van der Waals surface area contributed by atoms with Crippen molar-refractivity contribution in [2.45, 2.75) is 35.5 Å². The standard InChI is InChI=1S/C16H15FO2S.C3H8N2O/c17-14-6-3-7-15(11-14)20(18,19)16-9-8-12-4-1-2-5-13(12)10-16;1-5-2-3(4)6/h3,6-11H,1-2,4-5H2;5H,2H2,1H3,(H2,4,6). The minimum absolute atomic E-state index is 0.00765. The van der Waals surface area contributed by atoms with Gasteiger partial charge in [0, 0.05) is 0 Å². The van der Waals surface area contributed by atoms with Gasteiger partial charge >= 0.3 is 0 Å². The third-order valence-corrected chi connectivity index (χ3v) is 5.84. The predicted molar refractivity (Wildman–Crippen MR) is 98.1 cm³/mol. The number of halogens is 1. The van der Waals surface area contributed by atoms with Gasteiger partial charge in [0.1, 0.15) is 5.82 Å². The van der Waals surface area contributed by atoms with Crippen molar-refractivity contribution in [1.82, 2.24) is 5.32 Å². The fourth-order valence-electron chi connectivity index (χ4n) is 2.82. The van der Waals surface area contributed by atoms with Crippen LogP contribution in [0.1, 0.15) is 24.0 Å². The fraction of sp³-hybridized carbons (Fsp3) is 0.316. The summed E-state index contributed by atoms with van der Waals surface area (Å²) in [6.45, 7) is 0.264. The van der Waals surface area contributed by atoms with Crippen LogP contribution < -0.4 is 11.1 Å². The normalized spacial score (nSPS) is 13.3. The summed E-state index contributed by atoms with van der Waals surface area (Å²) in [6, 6.07) is 10.4. The maximum atomic E-state index is 13.2. The van der Waals surface area contributed by atoms with Crippen molar-refractivity contribution < 1.29 is 17.6 Å². The van der Waals surface area contributed by atoms with Gasteiger partial charge in [-0.1, -0.05) is 12.1 Å². The second kappa shape index (κ2) is 8.91. The second-order valence-electron chi connectivity index (χ2n) is 6.10. The van der Waals surface area contributed by atoms with E-state index >= 15 is 0 Å². The lowest BCUT2D eigenvalue weighted by Crippen LogP contribution is -2.25. The number of carbonyl (C=O) groups excluding carboxylic acids is 1. The summed E-state index contributed by atoms with van der Waals surface area (Å²) in [5, 5.41) is 2.59. The first-order valence-electron chi connectivity index (χ1n) is 8.40. The number of nitrogens with two attached hydrogens (primary N) is 1. The lowest BCUT2D eigenvalue weighted by Gasteiger charge is -2.16. The van der Waals surface area contributed by atoms with Crippen LogP contribution in [0.3, 0.4) is 0 Å². The first-order chi connectivity index (χ1) is 12.3. The number of carbonyl (C=O) groups is 1. The van der Waals surface area contributed by atoms with Crippen LogP contribution in [-0.4, -0.2) is 27.9 Å². The van der Waals surface area contributed by atoms with Crippen molar-refractivity contribution in [3.05, 3.63) is 59.4 Å². The number of likely N-dealkylation sites (N-methyl/N-ethyl adjacent to an activating group) is 1. The molecule has 7 heteroatoms. The Kier molecular flexibility index (Phi) is 6.88. The van der Waals surface area contributed by atoms with Crippen LogP contribution in [-0.2, 0) is 27.5 Å². The molecule has 0 aromatic heterocycles. The van der Waals surface area contributed by atoms with E-state index in [1.54, 1.807) is 19.2 Å². The lowest BCUT2D eigenvalue weighted by molar-refractivity contribution is -0.117.